The maximum absolute atomic E-state index is 13.3. The molecule has 0 saturated heterocycles. The Hall–Kier alpha value is -1.23. The summed E-state index contributed by atoms with van der Waals surface area (Å²) in [5.41, 5.74) is 2.02. The van der Waals surface area contributed by atoms with E-state index in [2.05, 4.69) is 21.2 Å². The van der Waals surface area contributed by atoms with E-state index in [-0.39, 0.29) is 18.5 Å². The molecule has 0 aromatic heterocycles. The molecule has 106 valence electrons. The van der Waals surface area contributed by atoms with Gasteiger partial charge in [0.05, 0.1) is 6.61 Å². The van der Waals surface area contributed by atoms with Crippen molar-refractivity contribution in [1.82, 2.24) is 5.32 Å². The van der Waals surface area contributed by atoms with Crippen LogP contribution in [-0.4, -0.2) is 17.8 Å². The van der Waals surface area contributed by atoms with Crippen LogP contribution in [0.5, 0.6) is 0 Å². The van der Waals surface area contributed by atoms with Crippen LogP contribution >= 0.6 is 15.9 Å². The van der Waals surface area contributed by atoms with Gasteiger partial charge in [-0.25, -0.2) is 4.39 Å². The molecule has 0 heterocycles. The van der Waals surface area contributed by atoms with Crippen LogP contribution < -0.4 is 5.32 Å². The minimum atomic E-state index is -0.264. The number of hydrogen-bond acceptors (Lipinski definition) is 2. The van der Waals surface area contributed by atoms with Crippen molar-refractivity contribution in [3.8, 4) is 0 Å². The Labute approximate surface area is 126 Å². The Morgan fingerprint density at radius 3 is 2.50 bits per heavy atom. The average Bonchev–Trinajstić information content (AvgIpc) is 2.43. The highest BCUT2D eigenvalue weighted by Gasteiger charge is 2.08. The van der Waals surface area contributed by atoms with Gasteiger partial charge in [-0.3, -0.25) is 0 Å². The maximum atomic E-state index is 13.3. The molecular weight excluding hydrogens is 321 g/mol. The standard InChI is InChI=1S/C16H17BrFNO/c17-14-6-13(7-15(18)9-14)10-19-16(11-20)8-12-4-2-1-3-5-12/h1-7,9,16,19-20H,8,10-11H2. The molecule has 20 heavy (non-hydrogen) atoms. The van der Waals surface area contributed by atoms with Crippen molar-refractivity contribution in [3.05, 3.63) is 69.9 Å². The number of halogens is 2. The number of nitrogens with one attached hydrogen (secondary N) is 1. The lowest BCUT2D eigenvalue weighted by atomic mass is 10.1. The topological polar surface area (TPSA) is 32.3 Å². The SMILES string of the molecule is OCC(Cc1ccccc1)NCc1cc(F)cc(Br)c1. The van der Waals surface area contributed by atoms with Gasteiger partial charge in [0.2, 0.25) is 0 Å². The second-order valence-corrected chi connectivity index (χ2v) is 5.64. The summed E-state index contributed by atoms with van der Waals surface area (Å²) in [5, 5.41) is 12.7. The zero-order valence-corrected chi connectivity index (χ0v) is 12.6. The summed E-state index contributed by atoms with van der Waals surface area (Å²) < 4.78 is 14.0. The van der Waals surface area contributed by atoms with Gasteiger partial charge in [-0.1, -0.05) is 46.3 Å². The molecule has 0 aliphatic rings. The molecule has 0 radical (unpaired) electrons. The summed E-state index contributed by atoms with van der Waals surface area (Å²) in [6, 6.07) is 14.7. The molecule has 2 nitrogen and oxygen atoms in total. The summed E-state index contributed by atoms with van der Waals surface area (Å²) in [5.74, 6) is -0.264. The highest BCUT2D eigenvalue weighted by molar-refractivity contribution is 9.10. The third-order valence-electron chi connectivity index (χ3n) is 3.06. The highest BCUT2D eigenvalue weighted by atomic mass is 79.9. The van der Waals surface area contributed by atoms with E-state index in [0.29, 0.717) is 6.54 Å². The molecule has 1 atom stereocenters. The lowest BCUT2D eigenvalue weighted by Crippen LogP contribution is -2.34. The fourth-order valence-corrected chi connectivity index (χ4v) is 2.59. The number of rotatable bonds is 6. The van der Waals surface area contributed by atoms with Gasteiger partial charge in [0.25, 0.3) is 0 Å². The van der Waals surface area contributed by atoms with E-state index in [4.69, 9.17) is 0 Å². The van der Waals surface area contributed by atoms with Gasteiger partial charge in [0.1, 0.15) is 5.82 Å². The van der Waals surface area contributed by atoms with Crippen molar-refractivity contribution in [2.45, 2.75) is 19.0 Å². The van der Waals surface area contributed by atoms with Gasteiger partial charge < -0.3 is 10.4 Å². The lowest BCUT2D eigenvalue weighted by molar-refractivity contribution is 0.241. The highest BCUT2D eigenvalue weighted by Crippen LogP contribution is 2.15. The van der Waals surface area contributed by atoms with E-state index >= 15 is 0 Å². The summed E-state index contributed by atoms with van der Waals surface area (Å²) in [6.07, 6.45) is 0.744. The van der Waals surface area contributed by atoms with Gasteiger partial charge >= 0.3 is 0 Å². The van der Waals surface area contributed by atoms with E-state index in [1.54, 1.807) is 0 Å². The van der Waals surface area contributed by atoms with Crippen molar-refractivity contribution < 1.29 is 9.50 Å². The molecular formula is C16H17BrFNO. The first kappa shape index (κ1) is 15.2. The van der Waals surface area contributed by atoms with Crippen LogP contribution in [-0.2, 0) is 13.0 Å². The molecule has 0 bridgehead atoms. The number of benzene rings is 2. The quantitative estimate of drug-likeness (QED) is 0.847. The zero-order chi connectivity index (χ0) is 14.4. The maximum Gasteiger partial charge on any atom is 0.124 e. The molecule has 0 aliphatic carbocycles. The second kappa shape index (κ2) is 7.53. The van der Waals surface area contributed by atoms with Gasteiger partial charge in [-0.15, -0.1) is 0 Å². The largest absolute Gasteiger partial charge is 0.395 e. The molecule has 4 heteroatoms. The fraction of sp³-hybridized carbons (Fsp3) is 0.250. The number of aliphatic hydroxyl groups is 1. The molecule has 0 aliphatic heterocycles. The lowest BCUT2D eigenvalue weighted by Gasteiger charge is -2.16. The first-order valence-corrected chi connectivity index (χ1v) is 7.30. The minimum Gasteiger partial charge on any atom is -0.395 e. The monoisotopic (exact) mass is 337 g/mol. The number of aliphatic hydroxyl groups excluding tert-OH is 1. The molecule has 0 fully saturated rings. The van der Waals surface area contributed by atoms with Gasteiger partial charge in [0, 0.05) is 17.1 Å². The summed E-state index contributed by atoms with van der Waals surface area (Å²) >= 11 is 3.27. The van der Waals surface area contributed by atoms with E-state index < -0.39 is 0 Å². The van der Waals surface area contributed by atoms with Gasteiger partial charge in [0.15, 0.2) is 0 Å². The predicted molar refractivity (Wildman–Crippen MR) is 82.0 cm³/mol. The van der Waals surface area contributed by atoms with Crippen LogP contribution in [0.1, 0.15) is 11.1 Å². The van der Waals surface area contributed by atoms with Gasteiger partial charge in [-0.2, -0.15) is 0 Å². The summed E-state index contributed by atoms with van der Waals surface area (Å²) in [4.78, 5) is 0. The molecule has 1 unspecified atom stereocenters. The summed E-state index contributed by atoms with van der Waals surface area (Å²) in [6.45, 7) is 0.569. The van der Waals surface area contributed by atoms with Crippen LogP contribution in [0.3, 0.4) is 0 Å². The zero-order valence-electron chi connectivity index (χ0n) is 11.0. The fourth-order valence-electron chi connectivity index (χ4n) is 2.08. The first-order chi connectivity index (χ1) is 9.67. The van der Waals surface area contributed by atoms with Crippen molar-refractivity contribution in [1.29, 1.82) is 0 Å². The minimum absolute atomic E-state index is 0.0422. The Bertz CT molecular complexity index is 527. The Balaban J connectivity index is 1.93. The molecule has 0 saturated carbocycles. The predicted octanol–water partition coefficient (Wildman–Crippen LogP) is 3.28. The van der Waals surface area contributed by atoms with E-state index in [9.17, 15) is 9.50 Å². The molecule has 2 N–H and O–H groups in total. The molecule has 2 aromatic carbocycles. The van der Waals surface area contributed by atoms with Crippen LogP contribution in [0.15, 0.2) is 53.0 Å². The first-order valence-electron chi connectivity index (χ1n) is 6.50. The van der Waals surface area contributed by atoms with Crippen molar-refractivity contribution in [2.24, 2.45) is 0 Å². The molecule has 0 amide bonds. The average molecular weight is 338 g/mol. The van der Waals surface area contributed by atoms with Crippen molar-refractivity contribution in [3.63, 3.8) is 0 Å². The smallest absolute Gasteiger partial charge is 0.124 e. The number of hydrogen-bond donors (Lipinski definition) is 2. The Kier molecular flexibility index (Phi) is 5.71. The van der Waals surface area contributed by atoms with Crippen molar-refractivity contribution >= 4 is 15.9 Å². The summed E-state index contributed by atoms with van der Waals surface area (Å²) in [7, 11) is 0. The second-order valence-electron chi connectivity index (χ2n) is 4.73. The van der Waals surface area contributed by atoms with E-state index in [1.165, 1.54) is 17.7 Å². The van der Waals surface area contributed by atoms with Crippen LogP contribution in [0.25, 0.3) is 0 Å². The normalized spacial score (nSPS) is 12.3. The Morgan fingerprint density at radius 2 is 1.85 bits per heavy atom. The molecule has 2 aromatic rings. The molecule has 0 spiro atoms. The van der Waals surface area contributed by atoms with Crippen molar-refractivity contribution in [2.75, 3.05) is 6.61 Å². The third kappa shape index (κ3) is 4.71. The third-order valence-corrected chi connectivity index (χ3v) is 3.52. The van der Waals surface area contributed by atoms with Gasteiger partial charge in [-0.05, 0) is 35.7 Å². The van der Waals surface area contributed by atoms with E-state index in [1.807, 2.05) is 36.4 Å². The van der Waals surface area contributed by atoms with Crippen LogP contribution in [0.4, 0.5) is 4.39 Å². The van der Waals surface area contributed by atoms with E-state index in [0.717, 1.165) is 16.5 Å². The van der Waals surface area contributed by atoms with Crippen LogP contribution in [0.2, 0.25) is 0 Å². The Morgan fingerprint density at radius 1 is 1.10 bits per heavy atom. The molecule has 2 rings (SSSR count). The van der Waals surface area contributed by atoms with Crippen LogP contribution in [0, 0.1) is 5.82 Å².